The van der Waals surface area contributed by atoms with Crippen molar-refractivity contribution in [2.45, 2.75) is 19.1 Å². The Hall–Kier alpha value is -2.51. The molecule has 0 spiro atoms. The Kier molecular flexibility index (Phi) is 3.99. The van der Waals surface area contributed by atoms with Crippen LogP contribution in [0.1, 0.15) is 24.2 Å². The second-order valence-corrected chi connectivity index (χ2v) is 5.53. The topological polar surface area (TPSA) is 56.5 Å². The molecule has 1 aliphatic rings. The van der Waals surface area contributed by atoms with Crippen LogP contribution in [0.4, 0.5) is 5.69 Å². The van der Waals surface area contributed by atoms with Gasteiger partial charge < -0.3 is 14.7 Å². The highest BCUT2D eigenvalue weighted by Gasteiger charge is 2.26. The summed E-state index contributed by atoms with van der Waals surface area (Å²) in [4.78, 5) is 2.17. The van der Waals surface area contributed by atoms with E-state index >= 15 is 0 Å². The summed E-state index contributed by atoms with van der Waals surface area (Å²) < 4.78 is 5.72. The zero-order valence-corrected chi connectivity index (χ0v) is 12.4. The number of nitrogens with zero attached hydrogens (tertiary/aromatic N) is 2. The number of anilines is 1. The van der Waals surface area contributed by atoms with Gasteiger partial charge in [-0.25, -0.2) is 0 Å². The lowest BCUT2D eigenvalue weighted by atomic mass is 10.1. The molecule has 0 amide bonds. The fraction of sp³-hybridized carbons (Fsp3) is 0.278. The van der Waals surface area contributed by atoms with Gasteiger partial charge in [-0.1, -0.05) is 24.3 Å². The zero-order valence-electron chi connectivity index (χ0n) is 12.4. The van der Waals surface area contributed by atoms with Crippen molar-refractivity contribution in [3.63, 3.8) is 0 Å². The van der Waals surface area contributed by atoms with Gasteiger partial charge in [-0.2, -0.15) is 5.26 Å². The van der Waals surface area contributed by atoms with Gasteiger partial charge in [0, 0.05) is 6.54 Å². The van der Waals surface area contributed by atoms with Gasteiger partial charge in [0.2, 0.25) is 0 Å². The summed E-state index contributed by atoms with van der Waals surface area (Å²) in [5.74, 6) is 0.854. The Bertz CT molecular complexity index is 691. The molecule has 1 aliphatic heterocycles. The molecule has 4 nitrogen and oxygen atoms in total. The Labute approximate surface area is 130 Å². The molecular weight excluding hydrogens is 276 g/mol. The maximum absolute atomic E-state index is 10.5. The molecule has 1 heterocycles. The van der Waals surface area contributed by atoms with Crippen molar-refractivity contribution < 1.29 is 9.84 Å². The predicted molar refractivity (Wildman–Crippen MR) is 84.9 cm³/mol. The fourth-order valence-electron chi connectivity index (χ4n) is 2.70. The summed E-state index contributed by atoms with van der Waals surface area (Å²) in [6.07, 6.45) is -0.610. The smallest absolute Gasteiger partial charge is 0.142 e. The normalized spacial score (nSPS) is 18.0. The van der Waals surface area contributed by atoms with Crippen molar-refractivity contribution in [3.8, 4) is 11.8 Å². The molecule has 0 aliphatic carbocycles. The van der Waals surface area contributed by atoms with Crippen molar-refractivity contribution in [2.75, 3.05) is 18.1 Å². The number of aliphatic hydroxyl groups is 1. The van der Waals surface area contributed by atoms with Crippen LogP contribution < -0.4 is 9.64 Å². The van der Waals surface area contributed by atoms with Crippen LogP contribution in [0.2, 0.25) is 0 Å². The van der Waals surface area contributed by atoms with Gasteiger partial charge >= 0.3 is 0 Å². The van der Waals surface area contributed by atoms with Gasteiger partial charge in [0.25, 0.3) is 0 Å². The van der Waals surface area contributed by atoms with E-state index in [2.05, 4.69) is 17.9 Å². The van der Waals surface area contributed by atoms with Crippen LogP contribution in [0.15, 0.2) is 48.5 Å². The summed E-state index contributed by atoms with van der Waals surface area (Å²) in [5.41, 5.74) is 2.42. The maximum Gasteiger partial charge on any atom is 0.142 e. The Morgan fingerprint density at radius 1 is 1.27 bits per heavy atom. The van der Waals surface area contributed by atoms with Gasteiger partial charge in [-0.15, -0.1) is 0 Å². The Morgan fingerprint density at radius 3 is 2.73 bits per heavy atom. The minimum Gasteiger partial charge on any atom is -0.489 e. The number of nitriles is 1. The zero-order chi connectivity index (χ0) is 15.5. The lowest BCUT2D eigenvalue weighted by Gasteiger charge is -2.38. The van der Waals surface area contributed by atoms with Crippen LogP contribution in [-0.2, 0) is 0 Å². The molecule has 112 valence electrons. The van der Waals surface area contributed by atoms with E-state index in [-0.39, 0.29) is 6.04 Å². The minimum absolute atomic E-state index is 0.197. The number of para-hydroxylation sites is 2. The molecule has 2 aromatic rings. The first-order chi connectivity index (χ1) is 10.7. The number of hydrogen-bond donors (Lipinski definition) is 1. The van der Waals surface area contributed by atoms with E-state index in [9.17, 15) is 5.11 Å². The average molecular weight is 294 g/mol. The summed E-state index contributed by atoms with van der Waals surface area (Å²) in [7, 11) is 0. The van der Waals surface area contributed by atoms with E-state index in [4.69, 9.17) is 10.00 Å². The predicted octanol–water partition coefficient (Wildman–Crippen LogP) is 2.88. The molecule has 0 bridgehead atoms. The molecule has 2 unspecified atom stereocenters. The highest BCUT2D eigenvalue weighted by atomic mass is 16.5. The summed E-state index contributed by atoms with van der Waals surface area (Å²) in [6.45, 7) is 3.19. The number of benzene rings is 2. The van der Waals surface area contributed by atoms with Crippen LogP contribution in [0.25, 0.3) is 0 Å². The van der Waals surface area contributed by atoms with Crippen LogP contribution in [-0.4, -0.2) is 24.3 Å². The van der Waals surface area contributed by atoms with Crippen LogP contribution in [0, 0.1) is 11.3 Å². The Balaban J connectivity index is 1.81. The van der Waals surface area contributed by atoms with Crippen molar-refractivity contribution in [1.29, 1.82) is 5.26 Å². The molecular formula is C18H18N2O2. The highest BCUT2D eigenvalue weighted by Crippen LogP contribution is 2.34. The van der Waals surface area contributed by atoms with Crippen molar-refractivity contribution in [1.82, 2.24) is 0 Å². The number of rotatable bonds is 3. The van der Waals surface area contributed by atoms with Gasteiger partial charge in [-0.05, 0) is 36.8 Å². The summed E-state index contributed by atoms with van der Waals surface area (Å²) >= 11 is 0. The van der Waals surface area contributed by atoms with Crippen LogP contribution in [0.5, 0.6) is 5.75 Å². The van der Waals surface area contributed by atoms with Gasteiger partial charge in [0.1, 0.15) is 12.4 Å². The first kappa shape index (κ1) is 14.4. The number of β-amino-alcohol motifs (C(OH)–C–C–N with tert-alkyl or cyclic N) is 1. The molecule has 4 heteroatoms. The van der Waals surface area contributed by atoms with E-state index in [1.807, 2.05) is 24.3 Å². The summed E-state index contributed by atoms with van der Waals surface area (Å²) in [5, 5.41) is 19.4. The second-order valence-electron chi connectivity index (χ2n) is 5.53. The van der Waals surface area contributed by atoms with Crippen molar-refractivity contribution in [2.24, 2.45) is 0 Å². The van der Waals surface area contributed by atoms with E-state index in [1.54, 1.807) is 24.3 Å². The fourth-order valence-corrected chi connectivity index (χ4v) is 2.70. The minimum atomic E-state index is -0.610. The molecule has 0 saturated carbocycles. The van der Waals surface area contributed by atoms with E-state index in [0.29, 0.717) is 18.7 Å². The SMILES string of the molecule is CC1COc2ccccc2N1CC(O)c1ccc(C#N)cc1. The molecule has 0 radical (unpaired) electrons. The first-order valence-corrected chi connectivity index (χ1v) is 7.35. The first-order valence-electron chi connectivity index (χ1n) is 7.35. The quantitative estimate of drug-likeness (QED) is 0.945. The number of fused-ring (bicyclic) bond motifs is 1. The van der Waals surface area contributed by atoms with Crippen LogP contribution in [0.3, 0.4) is 0 Å². The number of hydrogen-bond acceptors (Lipinski definition) is 4. The highest BCUT2D eigenvalue weighted by molar-refractivity contribution is 5.60. The van der Waals surface area contributed by atoms with E-state index in [0.717, 1.165) is 17.0 Å². The molecule has 1 N–H and O–H groups in total. The molecule has 0 aromatic heterocycles. The molecule has 2 atom stereocenters. The van der Waals surface area contributed by atoms with Gasteiger partial charge in [0.15, 0.2) is 0 Å². The number of ether oxygens (including phenoxy) is 1. The molecule has 0 fully saturated rings. The largest absolute Gasteiger partial charge is 0.489 e. The maximum atomic E-state index is 10.5. The third kappa shape index (κ3) is 2.76. The lowest BCUT2D eigenvalue weighted by molar-refractivity contribution is 0.172. The lowest BCUT2D eigenvalue weighted by Crippen LogP contribution is -2.43. The van der Waals surface area contributed by atoms with Gasteiger partial charge in [0.05, 0.1) is 29.5 Å². The van der Waals surface area contributed by atoms with Crippen molar-refractivity contribution >= 4 is 5.69 Å². The molecule has 0 saturated heterocycles. The third-order valence-corrected chi connectivity index (χ3v) is 3.98. The standard InChI is InChI=1S/C18H18N2O2/c1-13-12-22-18-5-3-2-4-16(18)20(13)11-17(21)15-8-6-14(10-19)7-9-15/h2-9,13,17,21H,11-12H2,1H3. The van der Waals surface area contributed by atoms with Crippen molar-refractivity contribution in [3.05, 3.63) is 59.7 Å². The molecule has 3 rings (SSSR count). The number of aliphatic hydroxyl groups excluding tert-OH is 1. The van der Waals surface area contributed by atoms with Crippen LogP contribution >= 0.6 is 0 Å². The Morgan fingerprint density at radius 2 is 2.00 bits per heavy atom. The third-order valence-electron chi connectivity index (χ3n) is 3.98. The average Bonchev–Trinajstić information content (AvgIpc) is 2.57. The van der Waals surface area contributed by atoms with E-state index in [1.165, 1.54) is 0 Å². The van der Waals surface area contributed by atoms with Gasteiger partial charge in [-0.3, -0.25) is 0 Å². The molecule has 22 heavy (non-hydrogen) atoms. The second kappa shape index (κ2) is 6.08. The molecule has 2 aromatic carbocycles. The monoisotopic (exact) mass is 294 g/mol. The van der Waals surface area contributed by atoms with E-state index < -0.39 is 6.10 Å². The summed E-state index contributed by atoms with van der Waals surface area (Å²) in [6, 6.07) is 17.2.